The van der Waals surface area contributed by atoms with Crippen molar-refractivity contribution in [3.8, 4) is 0 Å². The summed E-state index contributed by atoms with van der Waals surface area (Å²) in [7, 11) is 0. The maximum atomic E-state index is 12.1. The minimum Gasteiger partial charge on any atom is -0.462 e. The van der Waals surface area contributed by atoms with E-state index in [2.05, 4.69) is 56.5 Å². The van der Waals surface area contributed by atoms with Crippen LogP contribution in [-0.2, 0) is 19.1 Å². The topological polar surface area (TPSA) is 72.8 Å². The highest BCUT2D eigenvalue weighted by Gasteiger charge is 2.31. The zero-order valence-corrected chi connectivity index (χ0v) is 26.5. The predicted octanol–water partition coefficient (Wildman–Crippen LogP) is 8.79. The monoisotopic (exact) mass is 588 g/mol. The molecule has 0 aromatic heterocycles. The molecule has 2 aromatic rings. The lowest BCUT2D eigenvalue weighted by molar-refractivity contribution is -0.146. The molecule has 4 rings (SSSR count). The molecular weight excluding hydrogens is 536 g/mol. The lowest BCUT2D eigenvalue weighted by Gasteiger charge is -2.34. The first-order valence-electron chi connectivity index (χ1n) is 16.6. The Morgan fingerprint density at radius 3 is 1.86 bits per heavy atom. The van der Waals surface area contributed by atoms with Crippen LogP contribution < -0.4 is 0 Å². The van der Waals surface area contributed by atoms with E-state index in [9.17, 15) is 14.7 Å². The van der Waals surface area contributed by atoms with E-state index in [4.69, 9.17) is 9.47 Å². The van der Waals surface area contributed by atoms with Gasteiger partial charge in [-0.25, -0.2) is 9.59 Å². The van der Waals surface area contributed by atoms with Gasteiger partial charge in [0, 0.05) is 11.5 Å². The van der Waals surface area contributed by atoms with E-state index in [1.807, 2.05) is 0 Å². The van der Waals surface area contributed by atoms with Gasteiger partial charge in [0.25, 0.3) is 0 Å². The number of fused-ring (bicyclic) bond motifs is 1. The fraction of sp³-hybridized carbons (Fsp3) is 0.579. The summed E-state index contributed by atoms with van der Waals surface area (Å²) in [6.45, 7) is 11.0. The molecule has 43 heavy (non-hydrogen) atoms. The largest absolute Gasteiger partial charge is 0.462 e. The molecule has 2 saturated carbocycles. The minimum absolute atomic E-state index is 0.0231. The number of ether oxygens (including phenoxy) is 2. The lowest BCUT2D eigenvalue weighted by Crippen LogP contribution is -2.30. The van der Waals surface area contributed by atoms with E-state index in [-0.39, 0.29) is 30.6 Å². The maximum Gasteiger partial charge on any atom is 0.335 e. The van der Waals surface area contributed by atoms with Gasteiger partial charge in [0.05, 0.1) is 25.4 Å². The molecule has 5 heteroatoms. The molecule has 0 radical (unpaired) electrons. The molecule has 5 nitrogen and oxygen atoms in total. The number of aliphatic hydroxyl groups is 1. The van der Waals surface area contributed by atoms with Crippen LogP contribution in [0.25, 0.3) is 10.8 Å². The first kappa shape index (κ1) is 33.0. The van der Waals surface area contributed by atoms with Gasteiger partial charge in [0.1, 0.15) is 0 Å². The Morgan fingerprint density at radius 1 is 0.814 bits per heavy atom. The smallest absolute Gasteiger partial charge is 0.335 e. The normalized spacial score (nSPS) is 23.0. The predicted molar refractivity (Wildman–Crippen MR) is 174 cm³/mol. The molecule has 0 saturated heterocycles. The Labute approximate surface area is 258 Å². The van der Waals surface area contributed by atoms with Crippen LogP contribution in [0.1, 0.15) is 114 Å². The summed E-state index contributed by atoms with van der Waals surface area (Å²) in [6, 6.07) is 14.1. The zero-order valence-electron chi connectivity index (χ0n) is 26.5. The van der Waals surface area contributed by atoms with Crippen molar-refractivity contribution in [2.75, 3.05) is 19.8 Å². The molecule has 0 bridgehead atoms. The van der Waals surface area contributed by atoms with Crippen LogP contribution in [0.5, 0.6) is 0 Å². The Kier molecular flexibility index (Phi) is 12.5. The molecule has 2 aliphatic rings. The third-order valence-corrected chi connectivity index (χ3v) is 10.0. The molecule has 0 amide bonds. The quantitative estimate of drug-likeness (QED) is 0.136. The highest BCUT2D eigenvalue weighted by atomic mass is 16.5. The summed E-state index contributed by atoms with van der Waals surface area (Å²) in [6.07, 6.45) is 14.9. The molecule has 1 atom stereocenters. The number of benzene rings is 2. The van der Waals surface area contributed by atoms with Gasteiger partial charge in [0.2, 0.25) is 0 Å². The van der Waals surface area contributed by atoms with Crippen molar-refractivity contribution in [2.45, 2.75) is 103 Å². The molecule has 0 spiro atoms. The Hall–Kier alpha value is -2.92. The van der Waals surface area contributed by atoms with E-state index < -0.39 is 18.5 Å². The standard InChI is InChI=1S/C38H52O5/c1-5-6-7-8-28-9-11-29(12-10-28)32-17-19-35-22-33(18-20-34(35)21-32)30-13-15-31(16-14-30)36(24-42-37(40)26(2)3)25-43-38(41)27(4)23-39/h17-22,28-31,36,39H,2,4-16,23-25H2,1,3H3. The number of carbonyl (C=O) groups is 2. The second-order valence-electron chi connectivity index (χ2n) is 13.2. The molecule has 1 unspecified atom stereocenters. The summed E-state index contributed by atoms with van der Waals surface area (Å²) < 4.78 is 10.9. The van der Waals surface area contributed by atoms with Crippen LogP contribution in [-0.4, -0.2) is 36.9 Å². The van der Waals surface area contributed by atoms with Crippen molar-refractivity contribution < 1.29 is 24.2 Å². The highest BCUT2D eigenvalue weighted by Crippen LogP contribution is 2.41. The number of carbonyl (C=O) groups excluding carboxylic acids is 2. The van der Waals surface area contributed by atoms with Crippen molar-refractivity contribution in [3.05, 3.63) is 71.8 Å². The van der Waals surface area contributed by atoms with Crippen molar-refractivity contribution in [2.24, 2.45) is 17.8 Å². The van der Waals surface area contributed by atoms with Crippen LogP contribution in [0, 0.1) is 17.8 Å². The van der Waals surface area contributed by atoms with Crippen LogP contribution >= 0.6 is 0 Å². The molecule has 0 aliphatic heterocycles. The number of unbranched alkanes of at least 4 members (excludes halogenated alkanes) is 2. The fourth-order valence-electron chi connectivity index (χ4n) is 7.16. The van der Waals surface area contributed by atoms with Gasteiger partial charge in [-0.05, 0) is 104 Å². The van der Waals surface area contributed by atoms with E-state index in [1.165, 1.54) is 73.3 Å². The van der Waals surface area contributed by atoms with Gasteiger partial charge in [-0.1, -0.05) is 82.2 Å². The third-order valence-electron chi connectivity index (χ3n) is 10.0. The number of hydrogen-bond donors (Lipinski definition) is 1. The van der Waals surface area contributed by atoms with Crippen LogP contribution in [0.3, 0.4) is 0 Å². The highest BCUT2D eigenvalue weighted by molar-refractivity contribution is 5.88. The number of rotatable bonds is 14. The molecule has 234 valence electrons. The van der Waals surface area contributed by atoms with Crippen LogP contribution in [0.15, 0.2) is 60.7 Å². The van der Waals surface area contributed by atoms with E-state index in [1.54, 1.807) is 6.92 Å². The van der Waals surface area contributed by atoms with Gasteiger partial charge < -0.3 is 14.6 Å². The second kappa shape index (κ2) is 16.2. The van der Waals surface area contributed by atoms with Crippen molar-refractivity contribution in [1.82, 2.24) is 0 Å². The van der Waals surface area contributed by atoms with Crippen LogP contribution in [0.2, 0.25) is 0 Å². The zero-order chi connectivity index (χ0) is 30.8. The Bertz CT molecular complexity index is 1250. The van der Waals surface area contributed by atoms with E-state index >= 15 is 0 Å². The van der Waals surface area contributed by atoms with Gasteiger partial charge in [0.15, 0.2) is 0 Å². The number of hydrogen-bond acceptors (Lipinski definition) is 5. The van der Waals surface area contributed by atoms with E-state index in [0.717, 1.165) is 31.6 Å². The lowest BCUT2D eigenvalue weighted by atomic mass is 9.74. The summed E-state index contributed by atoms with van der Waals surface area (Å²) >= 11 is 0. The Balaban J connectivity index is 1.33. The number of aliphatic hydroxyl groups excluding tert-OH is 1. The Morgan fingerprint density at radius 2 is 1.35 bits per heavy atom. The average molecular weight is 589 g/mol. The molecule has 2 aromatic carbocycles. The average Bonchev–Trinajstić information content (AvgIpc) is 3.04. The van der Waals surface area contributed by atoms with Crippen molar-refractivity contribution >= 4 is 22.7 Å². The molecule has 2 aliphatic carbocycles. The van der Waals surface area contributed by atoms with Gasteiger partial charge in [-0.15, -0.1) is 0 Å². The molecule has 2 fully saturated rings. The minimum atomic E-state index is -0.609. The molecule has 0 heterocycles. The SMILES string of the molecule is C=C(C)C(=O)OCC(COC(=O)C(=C)CO)C1CCC(c2ccc3cc(C4CCC(CCCCC)CC4)ccc3c2)CC1. The summed E-state index contributed by atoms with van der Waals surface area (Å²) in [4.78, 5) is 24.2. The first-order valence-corrected chi connectivity index (χ1v) is 16.6. The number of esters is 2. The third kappa shape index (κ3) is 9.28. The van der Waals surface area contributed by atoms with Gasteiger partial charge in [-0.3, -0.25) is 0 Å². The van der Waals surface area contributed by atoms with Gasteiger partial charge in [-0.2, -0.15) is 0 Å². The van der Waals surface area contributed by atoms with E-state index in [0.29, 0.717) is 17.4 Å². The van der Waals surface area contributed by atoms with Crippen molar-refractivity contribution in [3.63, 3.8) is 0 Å². The fourth-order valence-corrected chi connectivity index (χ4v) is 7.16. The summed E-state index contributed by atoms with van der Waals surface area (Å²) in [5.74, 6) is 1.24. The second-order valence-corrected chi connectivity index (χ2v) is 13.2. The summed E-state index contributed by atoms with van der Waals surface area (Å²) in [5, 5.41) is 11.8. The first-order chi connectivity index (χ1) is 20.8. The maximum absolute atomic E-state index is 12.1. The molecular formula is C38H52O5. The van der Waals surface area contributed by atoms with Gasteiger partial charge >= 0.3 is 11.9 Å². The van der Waals surface area contributed by atoms with Crippen LogP contribution in [0.4, 0.5) is 0 Å². The molecule has 1 N–H and O–H groups in total. The van der Waals surface area contributed by atoms with Crippen molar-refractivity contribution in [1.29, 1.82) is 0 Å². The summed E-state index contributed by atoms with van der Waals surface area (Å²) in [5.41, 5.74) is 3.27.